The Kier molecular flexibility index (Phi) is 4.03. The van der Waals surface area contributed by atoms with Crippen molar-refractivity contribution < 1.29 is 9.72 Å². The predicted octanol–water partition coefficient (Wildman–Crippen LogP) is 0.563. The molecule has 0 saturated carbocycles. The van der Waals surface area contributed by atoms with Crippen LogP contribution in [0.4, 0.5) is 5.69 Å². The molecule has 0 bridgehead atoms. The molecule has 0 radical (unpaired) electrons. The summed E-state index contributed by atoms with van der Waals surface area (Å²) >= 11 is 0. The van der Waals surface area contributed by atoms with Crippen LogP contribution in [0.3, 0.4) is 0 Å². The van der Waals surface area contributed by atoms with E-state index in [4.69, 9.17) is 5.73 Å². The van der Waals surface area contributed by atoms with E-state index in [0.29, 0.717) is 18.1 Å². The number of aromatic nitrogens is 2. The number of nitro groups is 1. The number of likely N-dealkylation sites (tertiary alicyclic amines) is 1. The number of carbonyl (C=O) groups excluding carboxylic acids is 1. The molecule has 0 atom stereocenters. The number of hydrogen-bond donors (Lipinski definition) is 1. The second kappa shape index (κ2) is 5.58. The molecule has 1 amide bonds. The lowest BCUT2D eigenvalue weighted by Gasteiger charge is -2.30. The molecule has 0 aromatic carbocycles. The van der Waals surface area contributed by atoms with Gasteiger partial charge in [0.15, 0.2) is 0 Å². The van der Waals surface area contributed by atoms with Crippen molar-refractivity contribution in [3.05, 3.63) is 21.5 Å². The molecule has 0 aliphatic carbocycles. The van der Waals surface area contributed by atoms with Gasteiger partial charge in [-0.1, -0.05) is 0 Å². The van der Waals surface area contributed by atoms with E-state index in [0.717, 1.165) is 25.9 Å². The molecular weight excluding hydrogens is 262 g/mol. The van der Waals surface area contributed by atoms with Crippen LogP contribution >= 0.6 is 0 Å². The second-order valence-electron chi connectivity index (χ2n) is 5.21. The molecule has 8 heteroatoms. The van der Waals surface area contributed by atoms with Gasteiger partial charge in [0.25, 0.3) is 0 Å². The van der Waals surface area contributed by atoms with Crippen LogP contribution in [-0.2, 0) is 11.5 Å². The first kappa shape index (κ1) is 14.4. The van der Waals surface area contributed by atoms with Gasteiger partial charge in [0.05, 0.1) is 11.6 Å². The molecule has 20 heavy (non-hydrogen) atoms. The normalized spacial score (nSPS) is 17.3. The summed E-state index contributed by atoms with van der Waals surface area (Å²) in [7, 11) is 0. The third kappa shape index (κ3) is 2.79. The molecular formula is C12H19N5O3. The Morgan fingerprint density at radius 3 is 2.50 bits per heavy atom. The van der Waals surface area contributed by atoms with Gasteiger partial charge in [-0.15, -0.1) is 0 Å². The van der Waals surface area contributed by atoms with Crippen molar-refractivity contribution in [2.45, 2.75) is 33.4 Å². The summed E-state index contributed by atoms with van der Waals surface area (Å²) < 4.78 is 1.65. The molecule has 1 aliphatic rings. The van der Waals surface area contributed by atoms with Crippen molar-refractivity contribution >= 4 is 11.6 Å². The maximum absolute atomic E-state index is 11.1. The van der Waals surface area contributed by atoms with E-state index in [1.54, 1.807) is 18.5 Å². The zero-order valence-electron chi connectivity index (χ0n) is 11.7. The van der Waals surface area contributed by atoms with Gasteiger partial charge < -0.3 is 5.73 Å². The highest BCUT2D eigenvalue weighted by atomic mass is 16.6. The summed E-state index contributed by atoms with van der Waals surface area (Å²) in [4.78, 5) is 23.8. The van der Waals surface area contributed by atoms with Crippen LogP contribution in [0.15, 0.2) is 0 Å². The first-order valence-electron chi connectivity index (χ1n) is 6.60. The van der Waals surface area contributed by atoms with Crippen molar-refractivity contribution in [1.82, 2.24) is 14.7 Å². The van der Waals surface area contributed by atoms with E-state index < -0.39 is 4.92 Å². The smallest absolute Gasteiger partial charge is 0.312 e. The summed E-state index contributed by atoms with van der Waals surface area (Å²) in [5.41, 5.74) is 6.37. The van der Waals surface area contributed by atoms with Gasteiger partial charge in [-0.25, -0.2) is 4.68 Å². The Balaban J connectivity index is 2.03. The van der Waals surface area contributed by atoms with E-state index >= 15 is 0 Å². The molecule has 110 valence electrons. The highest BCUT2D eigenvalue weighted by molar-refractivity contribution is 5.76. The monoisotopic (exact) mass is 281 g/mol. The Morgan fingerprint density at radius 1 is 1.45 bits per heavy atom. The maximum Gasteiger partial charge on any atom is 0.312 e. The van der Waals surface area contributed by atoms with Crippen LogP contribution < -0.4 is 5.73 Å². The first-order valence-corrected chi connectivity index (χ1v) is 6.60. The van der Waals surface area contributed by atoms with Crippen LogP contribution in [0.1, 0.15) is 24.2 Å². The molecule has 2 heterocycles. The largest absolute Gasteiger partial charge is 0.369 e. The minimum Gasteiger partial charge on any atom is -0.369 e. The van der Waals surface area contributed by atoms with E-state index in [2.05, 4.69) is 10.00 Å². The van der Waals surface area contributed by atoms with Crippen molar-refractivity contribution in [2.24, 2.45) is 11.7 Å². The minimum atomic E-state index is -0.395. The molecule has 1 fully saturated rings. The standard InChI is InChI=1S/C12H19N5O3/c1-8-11(17(19)20)9(2)16(14-8)7-15-5-3-10(4-6-15)12(13)18/h10H,3-7H2,1-2H3,(H2,13,18). The Morgan fingerprint density at radius 2 is 2.05 bits per heavy atom. The number of piperidine rings is 1. The van der Waals surface area contributed by atoms with Gasteiger partial charge in [-0.3, -0.25) is 19.8 Å². The van der Waals surface area contributed by atoms with Crippen molar-refractivity contribution in [3.8, 4) is 0 Å². The molecule has 8 nitrogen and oxygen atoms in total. The summed E-state index contributed by atoms with van der Waals surface area (Å²) in [6.45, 7) is 5.35. The fourth-order valence-corrected chi connectivity index (χ4v) is 2.64. The predicted molar refractivity (Wildman–Crippen MR) is 71.8 cm³/mol. The van der Waals surface area contributed by atoms with Crippen molar-refractivity contribution in [3.63, 3.8) is 0 Å². The zero-order valence-corrected chi connectivity index (χ0v) is 11.7. The summed E-state index contributed by atoms with van der Waals surface area (Å²) in [5.74, 6) is -0.299. The molecule has 2 N–H and O–H groups in total. The third-order valence-electron chi connectivity index (χ3n) is 3.85. The lowest BCUT2D eigenvalue weighted by Crippen LogP contribution is -2.39. The van der Waals surface area contributed by atoms with Gasteiger partial charge in [0, 0.05) is 19.0 Å². The van der Waals surface area contributed by atoms with Gasteiger partial charge in [-0.2, -0.15) is 5.10 Å². The van der Waals surface area contributed by atoms with E-state index in [9.17, 15) is 14.9 Å². The highest BCUT2D eigenvalue weighted by Gasteiger charge is 2.26. The number of hydrogen-bond acceptors (Lipinski definition) is 5. The Bertz CT molecular complexity index is 531. The third-order valence-corrected chi connectivity index (χ3v) is 3.85. The van der Waals surface area contributed by atoms with Crippen LogP contribution in [-0.4, -0.2) is 38.6 Å². The Hall–Kier alpha value is -1.96. The minimum absolute atomic E-state index is 0.0546. The van der Waals surface area contributed by atoms with Crippen LogP contribution in [0, 0.1) is 29.9 Å². The second-order valence-corrected chi connectivity index (χ2v) is 5.21. The number of amides is 1. The average Bonchev–Trinajstić information content (AvgIpc) is 2.65. The van der Waals surface area contributed by atoms with Gasteiger partial charge >= 0.3 is 5.69 Å². The van der Waals surface area contributed by atoms with Gasteiger partial charge in [0.2, 0.25) is 5.91 Å². The van der Waals surface area contributed by atoms with Crippen molar-refractivity contribution in [1.29, 1.82) is 0 Å². The SMILES string of the molecule is Cc1nn(CN2CCC(C(N)=O)CC2)c(C)c1[N+](=O)[O-]. The van der Waals surface area contributed by atoms with Crippen LogP contribution in [0.2, 0.25) is 0 Å². The fourth-order valence-electron chi connectivity index (χ4n) is 2.64. The molecule has 0 unspecified atom stereocenters. The first-order chi connectivity index (χ1) is 9.40. The van der Waals surface area contributed by atoms with Crippen molar-refractivity contribution in [2.75, 3.05) is 13.1 Å². The van der Waals surface area contributed by atoms with Gasteiger partial charge in [-0.05, 0) is 26.7 Å². The average molecular weight is 281 g/mol. The van der Waals surface area contributed by atoms with Gasteiger partial charge in [0.1, 0.15) is 11.4 Å². The molecule has 1 aromatic rings. The van der Waals surface area contributed by atoms with Crippen LogP contribution in [0.5, 0.6) is 0 Å². The number of aryl methyl sites for hydroxylation is 1. The maximum atomic E-state index is 11.1. The molecule has 1 aromatic heterocycles. The number of primary amides is 1. The molecule has 1 aliphatic heterocycles. The lowest BCUT2D eigenvalue weighted by molar-refractivity contribution is -0.386. The van der Waals surface area contributed by atoms with E-state index in [-0.39, 0.29) is 17.5 Å². The highest BCUT2D eigenvalue weighted by Crippen LogP contribution is 2.23. The van der Waals surface area contributed by atoms with Crippen LogP contribution in [0.25, 0.3) is 0 Å². The number of carbonyl (C=O) groups is 1. The number of nitrogens with zero attached hydrogens (tertiary/aromatic N) is 4. The summed E-state index contributed by atoms with van der Waals surface area (Å²) in [6, 6.07) is 0. The molecule has 0 spiro atoms. The number of rotatable bonds is 4. The van der Waals surface area contributed by atoms with E-state index in [1.165, 1.54) is 0 Å². The summed E-state index contributed by atoms with van der Waals surface area (Å²) in [5, 5.41) is 15.2. The summed E-state index contributed by atoms with van der Waals surface area (Å²) in [6.07, 6.45) is 1.47. The lowest BCUT2D eigenvalue weighted by atomic mass is 9.97. The molecule has 2 rings (SSSR count). The molecule has 1 saturated heterocycles. The topological polar surface area (TPSA) is 107 Å². The zero-order chi connectivity index (χ0) is 14.9. The number of nitrogens with two attached hydrogens (primary N) is 1. The fraction of sp³-hybridized carbons (Fsp3) is 0.667. The quantitative estimate of drug-likeness (QED) is 0.641. The Labute approximate surface area is 116 Å². The van der Waals surface area contributed by atoms with E-state index in [1.807, 2.05) is 0 Å².